The van der Waals surface area contributed by atoms with Gasteiger partial charge < -0.3 is 9.64 Å². The van der Waals surface area contributed by atoms with E-state index in [1.807, 2.05) is 36.9 Å². The van der Waals surface area contributed by atoms with Gasteiger partial charge in [-0.2, -0.15) is 0 Å². The van der Waals surface area contributed by atoms with Gasteiger partial charge in [0.15, 0.2) is 0 Å². The van der Waals surface area contributed by atoms with Crippen LogP contribution < -0.4 is 4.74 Å². The normalized spacial score (nSPS) is 16.4. The van der Waals surface area contributed by atoms with Gasteiger partial charge in [-0.1, -0.05) is 16.6 Å². The van der Waals surface area contributed by atoms with E-state index in [0.29, 0.717) is 10.6 Å². The summed E-state index contributed by atoms with van der Waals surface area (Å²) in [5.74, 6) is 0.820. The average molecular weight is 395 g/mol. The van der Waals surface area contributed by atoms with E-state index in [9.17, 15) is 4.79 Å². The van der Waals surface area contributed by atoms with E-state index >= 15 is 0 Å². The van der Waals surface area contributed by atoms with Crippen molar-refractivity contribution >= 4 is 17.4 Å². The third-order valence-corrected chi connectivity index (χ3v) is 5.89. The first-order chi connectivity index (χ1) is 13.6. The number of methoxy groups -OCH3 is 1. The monoisotopic (exact) mass is 394 g/mol. The molecule has 1 amide bonds. The SMILES string of the molecule is COc1cccc(-c2cc(C)nc([C@H]3CCCN3C(=O)c3snnc3C)c2)c1. The lowest BCUT2D eigenvalue weighted by atomic mass is 10.0. The summed E-state index contributed by atoms with van der Waals surface area (Å²) in [4.78, 5) is 20.3. The fraction of sp³-hybridized carbons (Fsp3) is 0.333. The molecule has 0 aliphatic carbocycles. The van der Waals surface area contributed by atoms with Crippen LogP contribution >= 0.6 is 11.5 Å². The standard InChI is InChI=1S/C21H22N4O2S/c1-13-10-16(15-6-4-7-17(11-15)27-3)12-18(22-13)19-8-5-9-25(19)21(26)20-14(2)23-24-28-20/h4,6-7,10-12,19H,5,8-9H2,1-3H3/t19-/m1/s1. The number of rotatable bonds is 4. The van der Waals surface area contributed by atoms with Crippen molar-refractivity contribution in [1.29, 1.82) is 0 Å². The molecule has 0 spiro atoms. The van der Waals surface area contributed by atoms with Gasteiger partial charge in [-0.3, -0.25) is 9.78 Å². The fourth-order valence-electron chi connectivity index (χ4n) is 3.71. The molecule has 7 heteroatoms. The van der Waals surface area contributed by atoms with Gasteiger partial charge in [0.2, 0.25) is 0 Å². The largest absolute Gasteiger partial charge is 0.497 e. The van der Waals surface area contributed by atoms with Crippen molar-refractivity contribution in [2.75, 3.05) is 13.7 Å². The molecule has 1 fully saturated rings. The Hall–Kier alpha value is -2.80. The quantitative estimate of drug-likeness (QED) is 0.663. The molecular formula is C21H22N4O2S. The maximum Gasteiger partial charge on any atom is 0.268 e. The van der Waals surface area contributed by atoms with E-state index < -0.39 is 0 Å². The molecule has 0 radical (unpaired) electrons. The van der Waals surface area contributed by atoms with Gasteiger partial charge in [0.25, 0.3) is 5.91 Å². The van der Waals surface area contributed by atoms with Crippen molar-refractivity contribution in [2.45, 2.75) is 32.7 Å². The number of benzene rings is 1. The summed E-state index contributed by atoms with van der Waals surface area (Å²) in [7, 11) is 1.67. The summed E-state index contributed by atoms with van der Waals surface area (Å²) in [5.41, 5.74) is 4.71. The Balaban J connectivity index is 1.69. The molecule has 0 unspecified atom stereocenters. The van der Waals surface area contributed by atoms with Crippen LogP contribution in [-0.2, 0) is 0 Å². The first-order valence-electron chi connectivity index (χ1n) is 9.30. The van der Waals surface area contributed by atoms with E-state index in [0.717, 1.165) is 59.2 Å². The molecule has 4 rings (SSSR count). The Morgan fingerprint density at radius 3 is 2.82 bits per heavy atom. The summed E-state index contributed by atoms with van der Waals surface area (Å²) >= 11 is 1.16. The molecule has 1 aliphatic rings. The van der Waals surface area contributed by atoms with Gasteiger partial charge in [-0.05, 0) is 73.6 Å². The van der Waals surface area contributed by atoms with Crippen molar-refractivity contribution < 1.29 is 9.53 Å². The van der Waals surface area contributed by atoms with E-state index in [1.54, 1.807) is 7.11 Å². The Bertz CT molecular complexity index is 1020. The first kappa shape index (κ1) is 18.6. The summed E-state index contributed by atoms with van der Waals surface area (Å²) in [6.45, 7) is 4.55. The van der Waals surface area contributed by atoms with Crippen molar-refractivity contribution in [3.8, 4) is 16.9 Å². The van der Waals surface area contributed by atoms with Crippen LogP contribution in [0.2, 0.25) is 0 Å². The number of hydrogen-bond acceptors (Lipinski definition) is 6. The zero-order valence-electron chi connectivity index (χ0n) is 16.2. The van der Waals surface area contributed by atoms with Crippen LogP contribution in [0.15, 0.2) is 36.4 Å². The Morgan fingerprint density at radius 1 is 1.21 bits per heavy atom. The lowest BCUT2D eigenvalue weighted by molar-refractivity contribution is 0.0737. The second-order valence-corrected chi connectivity index (χ2v) is 7.75. The number of aryl methyl sites for hydroxylation is 2. The van der Waals surface area contributed by atoms with Crippen LogP contribution in [0, 0.1) is 13.8 Å². The highest BCUT2D eigenvalue weighted by Crippen LogP contribution is 2.35. The maximum atomic E-state index is 13.0. The molecule has 3 aromatic rings. The molecule has 0 saturated carbocycles. The highest BCUT2D eigenvalue weighted by Gasteiger charge is 2.33. The van der Waals surface area contributed by atoms with Gasteiger partial charge in [-0.15, -0.1) is 5.10 Å². The molecule has 144 valence electrons. The summed E-state index contributed by atoms with van der Waals surface area (Å²) in [6.07, 6.45) is 1.87. The molecule has 1 saturated heterocycles. The first-order valence-corrected chi connectivity index (χ1v) is 10.1. The predicted molar refractivity (Wildman–Crippen MR) is 109 cm³/mol. The molecular weight excluding hydrogens is 372 g/mol. The summed E-state index contributed by atoms with van der Waals surface area (Å²) in [6, 6.07) is 12.1. The van der Waals surface area contributed by atoms with Gasteiger partial charge in [0, 0.05) is 12.2 Å². The zero-order valence-corrected chi connectivity index (χ0v) is 17.0. The highest BCUT2D eigenvalue weighted by atomic mass is 32.1. The Labute approximate surface area is 168 Å². The van der Waals surface area contributed by atoms with E-state index in [1.165, 1.54) is 0 Å². The van der Waals surface area contributed by atoms with Crippen molar-refractivity contribution in [3.63, 3.8) is 0 Å². The summed E-state index contributed by atoms with van der Waals surface area (Å²) < 4.78 is 9.27. The molecule has 1 atom stereocenters. The molecule has 6 nitrogen and oxygen atoms in total. The Morgan fingerprint density at radius 2 is 2.07 bits per heavy atom. The van der Waals surface area contributed by atoms with Crippen LogP contribution in [0.3, 0.4) is 0 Å². The van der Waals surface area contributed by atoms with Gasteiger partial charge in [0.05, 0.1) is 24.5 Å². The van der Waals surface area contributed by atoms with E-state index in [2.05, 4.69) is 27.8 Å². The van der Waals surface area contributed by atoms with Crippen molar-refractivity contribution in [1.82, 2.24) is 19.5 Å². The lowest BCUT2D eigenvalue weighted by Gasteiger charge is -2.24. The van der Waals surface area contributed by atoms with Crippen LogP contribution in [0.1, 0.15) is 45.6 Å². The number of amides is 1. The van der Waals surface area contributed by atoms with Crippen molar-refractivity contribution in [2.24, 2.45) is 0 Å². The molecule has 3 heterocycles. The van der Waals surface area contributed by atoms with Crippen molar-refractivity contribution in [3.05, 3.63) is 58.4 Å². The minimum Gasteiger partial charge on any atom is -0.497 e. The second-order valence-electron chi connectivity index (χ2n) is 7.00. The molecule has 0 N–H and O–H groups in total. The molecule has 1 aliphatic heterocycles. The van der Waals surface area contributed by atoms with E-state index in [4.69, 9.17) is 9.72 Å². The highest BCUT2D eigenvalue weighted by molar-refractivity contribution is 7.07. The van der Waals surface area contributed by atoms with Crippen LogP contribution in [-0.4, -0.2) is 39.0 Å². The second kappa shape index (κ2) is 7.67. The lowest BCUT2D eigenvalue weighted by Crippen LogP contribution is -2.31. The molecule has 28 heavy (non-hydrogen) atoms. The number of likely N-dealkylation sites (tertiary alicyclic amines) is 1. The molecule has 1 aromatic carbocycles. The number of hydrogen-bond donors (Lipinski definition) is 0. The number of ether oxygens (including phenoxy) is 1. The topological polar surface area (TPSA) is 68.2 Å². The van der Waals surface area contributed by atoms with Gasteiger partial charge in [-0.25, -0.2) is 0 Å². The number of carbonyl (C=O) groups excluding carboxylic acids is 1. The number of aromatic nitrogens is 3. The fourth-order valence-corrected chi connectivity index (χ4v) is 4.32. The summed E-state index contributed by atoms with van der Waals surface area (Å²) in [5, 5.41) is 3.98. The minimum absolute atomic E-state index is 0.00114. The van der Waals surface area contributed by atoms with E-state index in [-0.39, 0.29) is 11.9 Å². The zero-order chi connectivity index (χ0) is 19.7. The molecule has 2 aromatic heterocycles. The maximum absolute atomic E-state index is 13.0. The minimum atomic E-state index is -0.0294. The molecule has 0 bridgehead atoms. The number of carbonyl (C=O) groups is 1. The third kappa shape index (κ3) is 3.49. The van der Waals surface area contributed by atoms with Gasteiger partial charge in [0.1, 0.15) is 10.6 Å². The van der Waals surface area contributed by atoms with Crippen LogP contribution in [0.5, 0.6) is 5.75 Å². The number of nitrogens with zero attached hydrogens (tertiary/aromatic N) is 4. The van der Waals surface area contributed by atoms with Gasteiger partial charge >= 0.3 is 0 Å². The Kier molecular flexibility index (Phi) is 5.09. The average Bonchev–Trinajstić information content (AvgIpc) is 3.36. The predicted octanol–water partition coefficient (Wildman–Crippen LogP) is 4.20. The number of pyridine rings is 1. The smallest absolute Gasteiger partial charge is 0.268 e. The van der Waals surface area contributed by atoms with Crippen LogP contribution in [0.25, 0.3) is 11.1 Å². The third-order valence-electron chi connectivity index (χ3n) is 5.08. The van der Waals surface area contributed by atoms with Crippen LogP contribution in [0.4, 0.5) is 0 Å².